The van der Waals surface area contributed by atoms with E-state index >= 15 is 4.39 Å². The van der Waals surface area contributed by atoms with Crippen LogP contribution in [0.3, 0.4) is 0 Å². The van der Waals surface area contributed by atoms with Gasteiger partial charge in [-0.15, -0.1) is 0 Å². The SMILES string of the molecule is COC(=O)C[C@H]1CCC[C@@H]1[C@](CNC(C)=O)(c1cccc(F)c1)C1CCN(CC2CN(c3ccc(S(=O)(=O)C4CN(C(=O)/C=C/CN5CCCCC5)C4)c(CN(C)C)c3)C2)CC1. The highest BCUT2D eigenvalue weighted by Gasteiger charge is 2.52. The molecular weight excluding hydrogens is 808 g/mol. The van der Waals surface area contributed by atoms with Crippen molar-refractivity contribution in [2.45, 2.75) is 86.8 Å². The topological polar surface area (TPSA) is 123 Å². The van der Waals surface area contributed by atoms with Crippen LogP contribution >= 0.6 is 0 Å². The predicted octanol–water partition coefficient (Wildman–Crippen LogP) is 5.12. The van der Waals surface area contributed by atoms with Gasteiger partial charge < -0.3 is 29.7 Å². The number of methoxy groups -OCH3 is 1. The maximum Gasteiger partial charge on any atom is 0.305 e. The summed E-state index contributed by atoms with van der Waals surface area (Å²) in [5, 5.41) is 2.54. The Labute approximate surface area is 369 Å². The molecule has 5 fully saturated rings. The first-order valence-electron chi connectivity index (χ1n) is 23.0. The molecule has 4 saturated heterocycles. The molecule has 0 bridgehead atoms. The van der Waals surface area contributed by atoms with Gasteiger partial charge in [-0.25, -0.2) is 12.8 Å². The molecule has 2 aromatic carbocycles. The van der Waals surface area contributed by atoms with E-state index in [9.17, 15) is 22.8 Å². The monoisotopic (exact) mass is 876 g/mol. The molecule has 0 aromatic heterocycles. The van der Waals surface area contributed by atoms with Gasteiger partial charge in [0.15, 0.2) is 9.84 Å². The zero-order valence-electron chi connectivity index (χ0n) is 37.4. The molecule has 1 N–H and O–H groups in total. The molecule has 3 atom stereocenters. The maximum absolute atomic E-state index is 15.0. The predicted molar refractivity (Wildman–Crippen MR) is 240 cm³/mol. The van der Waals surface area contributed by atoms with Gasteiger partial charge in [-0.05, 0) is 138 Å². The van der Waals surface area contributed by atoms with Crippen LogP contribution in [0, 0.1) is 29.5 Å². The fraction of sp³-hybridized carbons (Fsp3) is 0.646. The second kappa shape index (κ2) is 20.3. The Bertz CT molecular complexity index is 2020. The van der Waals surface area contributed by atoms with Crippen molar-refractivity contribution in [3.8, 4) is 0 Å². The van der Waals surface area contributed by atoms with Crippen LogP contribution < -0.4 is 10.2 Å². The molecule has 4 heterocycles. The molecule has 0 spiro atoms. The van der Waals surface area contributed by atoms with Crippen LogP contribution in [0.2, 0.25) is 0 Å². The van der Waals surface area contributed by atoms with E-state index < -0.39 is 20.5 Å². The highest BCUT2D eigenvalue weighted by molar-refractivity contribution is 7.92. The minimum atomic E-state index is -3.64. The standard InChI is InChI=1S/C48H69FN6O6S/c1-35(56)50-34-48(40-12-9-13-41(49)27-40,44-14-8-11-37(44)26-47(58)61-4)39-18-23-53(24-19-39)28-36-29-54(30-36)42-16-17-45(38(25-42)31-51(2)3)62(59,60)43-32-55(33-43)46(57)15-10-22-52-20-6-5-7-21-52/h9-10,12-13,15-17,25,27,36-37,39,43-44H,5-8,11,14,18-24,26,28-34H2,1-4H3,(H,50,56)/b15-10+/t37-,44+,48+/m1/s1. The number of halogens is 1. The molecule has 14 heteroatoms. The summed E-state index contributed by atoms with van der Waals surface area (Å²) in [7, 11) is 1.68. The zero-order valence-corrected chi connectivity index (χ0v) is 38.2. The molecule has 5 aliphatic rings. The van der Waals surface area contributed by atoms with Gasteiger partial charge in [-0.2, -0.15) is 0 Å². The highest BCUT2D eigenvalue weighted by atomic mass is 32.2. The van der Waals surface area contributed by atoms with Crippen molar-refractivity contribution < 1.29 is 31.9 Å². The molecule has 340 valence electrons. The number of nitrogens with zero attached hydrogens (tertiary/aromatic N) is 5. The third kappa shape index (κ3) is 10.6. The average molecular weight is 877 g/mol. The molecule has 0 radical (unpaired) electrons. The number of amides is 2. The lowest BCUT2D eigenvalue weighted by atomic mass is 9.57. The number of nitrogens with one attached hydrogen (secondary N) is 1. The molecule has 62 heavy (non-hydrogen) atoms. The summed E-state index contributed by atoms with van der Waals surface area (Å²) >= 11 is 0. The van der Waals surface area contributed by atoms with Gasteiger partial charge in [-0.3, -0.25) is 19.3 Å². The van der Waals surface area contributed by atoms with Crippen LogP contribution in [-0.2, 0) is 40.9 Å². The number of likely N-dealkylation sites (tertiary alicyclic amines) is 3. The van der Waals surface area contributed by atoms with Gasteiger partial charge in [0, 0.05) is 88.8 Å². The van der Waals surface area contributed by atoms with E-state index in [0.29, 0.717) is 30.3 Å². The summed E-state index contributed by atoms with van der Waals surface area (Å²) in [4.78, 5) is 49.1. The maximum atomic E-state index is 15.0. The minimum absolute atomic E-state index is 0.0896. The Kier molecular flexibility index (Phi) is 15.1. The lowest BCUT2D eigenvalue weighted by Gasteiger charge is -2.51. The van der Waals surface area contributed by atoms with Gasteiger partial charge in [-0.1, -0.05) is 31.1 Å². The number of hydrogen-bond donors (Lipinski definition) is 1. The number of ether oxygens (including phenoxy) is 1. The Hall–Kier alpha value is -3.85. The number of carbonyl (C=O) groups is 3. The number of rotatable bonds is 17. The number of benzene rings is 2. The molecule has 2 aromatic rings. The lowest BCUT2D eigenvalue weighted by molar-refractivity contribution is -0.142. The molecule has 4 aliphatic heterocycles. The number of carbonyl (C=O) groups excluding carboxylic acids is 3. The Morgan fingerprint density at radius 2 is 1.66 bits per heavy atom. The van der Waals surface area contributed by atoms with Crippen LogP contribution in [-0.4, -0.2) is 144 Å². The summed E-state index contributed by atoms with van der Waals surface area (Å²) in [5.74, 6) is 0.0812. The Morgan fingerprint density at radius 1 is 0.919 bits per heavy atom. The van der Waals surface area contributed by atoms with Crippen LogP contribution in [0.15, 0.2) is 59.5 Å². The number of anilines is 1. The van der Waals surface area contributed by atoms with E-state index in [1.807, 2.05) is 43.3 Å². The van der Waals surface area contributed by atoms with Gasteiger partial charge in [0.05, 0.1) is 12.0 Å². The summed E-state index contributed by atoms with van der Waals surface area (Å²) < 4.78 is 48.1. The molecular formula is C48H69FN6O6S. The number of esters is 1. The first kappa shape index (κ1) is 46.2. The summed E-state index contributed by atoms with van der Waals surface area (Å²) in [6.45, 7) is 10.2. The van der Waals surface area contributed by atoms with Crippen molar-refractivity contribution in [2.75, 3.05) is 98.1 Å². The summed E-state index contributed by atoms with van der Waals surface area (Å²) in [5.41, 5.74) is 2.19. The quantitative estimate of drug-likeness (QED) is 0.170. The van der Waals surface area contributed by atoms with Gasteiger partial charge >= 0.3 is 5.97 Å². The first-order valence-corrected chi connectivity index (χ1v) is 24.6. The lowest BCUT2D eigenvalue weighted by Crippen LogP contribution is -2.56. The molecule has 1 aliphatic carbocycles. The largest absolute Gasteiger partial charge is 0.469 e. The van der Waals surface area contributed by atoms with Crippen LogP contribution in [0.25, 0.3) is 0 Å². The van der Waals surface area contributed by atoms with Crippen molar-refractivity contribution in [1.29, 1.82) is 0 Å². The second-order valence-electron chi connectivity index (χ2n) is 19.1. The number of hydrogen-bond acceptors (Lipinski definition) is 10. The average Bonchev–Trinajstić information content (AvgIpc) is 3.67. The van der Waals surface area contributed by atoms with Gasteiger partial charge in [0.1, 0.15) is 11.1 Å². The third-order valence-corrected chi connectivity index (χ3v) is 16.8. The molecule has 7 rings (SSSR count). The zero-order chi connectivity index (χ0) is 44.0. The highest BCUT2D eigenvalue weighted by Crippen LogP contribution is 2.53. The molecule has 0 unspecified atom stereocenters. The molecule has 2 amide bonds. The number of piperidine rings is 2. The second-order valence-corrected chi connectivity index (χ2v) is 21.3. The Balaban J connectivity index is 0.966. The third-order valence-electron chi connectivity index (χ3n) is 14.6. The van der Waals surface area contributed by atoms with Gasteiger partial charge in [0.25, 0.3) is 0 Å². The van der Waals surface area contributed by atoms with Crippen molar-refractivity contribution in [3.05, 3.63) is 71.6 Å². The first-order chi connectivity index (χ1) is 29.8. The van der Waals surface area contributed by atoms with Crippen molar-refractivity contribution >= 4 is 33.3 Å². The van der Waals surface area contributed by atoms with Crippen LogP contribution in [0.5, 0.6) is 0 Å². The fourth-order valence-electron chi connectivity index (χ4n) is 11.4. The van der Waals surface area contributed by atoms with Gasteiger partial charge in [0.2, 0.25) is 11.8 Å². The van der Waals surface area contributed by atoms with Crippen molar-refractivity contribution in [3.63, 3.8) is 0 Å². The van der Waals surface area contributed by atoms with E-state index in [1.165, 1.54) is 39.4 Å². The Morgan fingerprint density at radius 3 is 2.34 bits per heavy atom. The van der Waals surface area contributed by atoms with E-state index in [0.717, 1.165) is 101 Å². The normalized spacial score (nSPS) is 23.3. The fourth-order valence-corrected chi connectivity index (χ4v) is 13.2. The molecule has 1 saturated carbocycles. The summed E-state index contributed by atoms with van der Waals surface area (Å²) in [6, 6.07) is 12.7. The van der Waals surface area contributed by atoms with E-state index in [1.54, 1.807) is 29.2 Å². The van der Waals surface area contributed by atoms with E-state index in [-0.39, 0.29) is 54.4 Å². The van der Waals surface area contributed by atoms with Crippen molar-refractivity contribution in [2.24, 2.45) is 23.7 Å². The van der Waals surface area contributed by atoms with E-state index in [4.69, 9.17) is 4.74 Å². The van der Waals surface area contributed by atoms with Crippen LogP contribution in [0.4, 0.5) is 10.1 Å². The summed E-state index contributed by atoms with van der Waals surface area (Å²) in [6.07, 6.45) is 12.1. The van der Waals surface area contributed by atoms with Crippen molar-refractivity contribution in [1.82, 2.24) is 24.9 Å². The van der Waals surface area contributed by atoms with Crippen LogP contribution in [0.1, 0.15) is 75.8 Å². The minimum Gasteiger partial charge on any atom is -0.469 e. The molecule has 12 nitrogen and oxygen atoms in total. The van der Waals surface area contributed by atoms with E-state index in [2.05, 4.69) is 20.0 Å². The number of sulfone groups is 1. The smallest absolute Gasteiger partial charge is 0.305 e.